The van der Waals surface area contributed by atoms with Gasteiger partial charge in [-0.1, -0.05) is 33.6 Å². The summed E-state index contributed by atoms with van der Waals surface area (Å²) in [6, 6.07) is 12.4. The molecule has 0 aliphatic carbocycles. The van der Waals surface area contributed by atoms with E-state index in [4.69, 9.17) is 17.3 Å². The Kier molecular flexibility index (Phi) is 5.78. The Labute approximate surface area is 169 Å². The highest BCUT2D eigenvalue weighted by atomic mass is 79.9. The Morgan fingerprint density at radius 2 is 1.81 bits per heavy atom. The number of hydrazine groups is 1. The number of carbonyl (C=O) groups is 1. The summed E-state index contributed by atoms with van der Waals surface area (Å²) < 4.78 is 0.888. The minimum atomic E-state index is -0.319. The van der Waals surface area contributed by atoms with Crippen molar-refractivity contribution in [2.24, 2.45) is 0 Å². The molecule has 1 aromatic heterocycles. The van der Waals surface area contributed by atoms with E-state index in [1.807, 2.05) is 19.1 Å². The van der Waals surface area contributed by atoms with Crippen LogP contribution in [0.15, 0.2) is 53.3 Å². The zero-order valence-electron chi connectivity index (χ0n) is 14.3. The third-order valence-electron chi connectivity index (χ3n) is 3.81. The molecule has 3 rings (SSSR count). The minimum absolute atomic E-state index is 0.257. The van der Waals surface area contributed by atoms with Crippen LogP contribution in [-0.4, -0.2) is 15.9 Å². The van der Waals surface area contributed by atoms with Gasteiger partial charge in [0, 0.05) is 20.7 Å². The summed E-state index contributed by atoms with van der Waals surface area (Å²) in [5.41, 5.74) is 13.8. The molecule has 2 aromatic carbocycles. The normalized spacial score (nSPS) is 10.3. The van der Waals surface area contributed by atoms with Gasteiger partial charge in [0.05, 0.1) is 0 Å². The molecular formula is C18H16BrClN6O. The molecule has 9 heteroatoms. The van der Waals surface area contributed by atoms with Gasteiger partial charge in [-0.3, -0.25) is 15.6 Å². The first-order valence-electron chi connectivity index (χ1n) is 7.90. The number of halogens is 2. The van der Waals surface area contributed by atoms with Gasteiger partial charge in [-0.15, -0.1) is 0 Å². The van der Waals surface area contributed by atoms with Crippen LogP contribution >= 0.6 is 27.5 Å². The van der Waals surface area contributed by atoms with Gasteiger partial charge in [-0.2, -0.15) is 0 Å². The minimum Gasteiger partial charge on any atom is -0.393 e. The second-order valence-electron chi connectivity index (χ2n) is 5.61. The highest BCUT2D eigenvalue weighted by molar-refractivity contribution is 9.10. The second kappa shape index (κ2) is 8.24. The maximum atomic E-state index is 12.2. The van der Waals surface area contributed by atoms with Crippen LogP contribution in [0.2, 0.25) is 5.02 Å². The number of nitrogens with two attached hydrogens (primary N) is 1. The number of rotatable bonds is 5. The Bertz CT molecular complexity index is 980. The van der Waals surface area contributed by atoms with Crippen LogP contribution in [-0.2, 0) is 0 Å². The van der Waals surface area contributed by atoms with Crippen molar-refractivity contribution < 1.29 is 4.79 Å². The Morgan fingerprint density at radius 3 is 2.56 bits per heavy atom. The van der Waals surface area contributed by atoms with E-state index in [0.29, 0.717) is 16.4 Å². The van der Waals surface area contributed by atoms with Crippen molar-refractivity contribution >= 4 is 56.4 Å². The summed E-state index contributed by atoms with van der Waals surface area (Å²) >= 11 is 9.47. The van der Waals surface area contributed by atoms with Gasteiger partial charge in [0.25, 0.3) is 5.91 Å². The number of amides is 1. The van der Waals surface area contributed by atoms with Crippen molar-refractivity contribution in [3.05, 3.63) is 69.4 Å². The fraction of sp³-hybridized carbons (Fsp3) is 0.0556. The predicted molar refractivity (Wildman–Crippen MR) is 111 cm³/mol. The number of hydrogen-bond acceptors (Lipinski definition) is 6. The maximum Gasteiger partial charge on any atom is 0.269 e. The van der Waals surface area contributed by atoms with E-state index in [0.717, 1.165) is 15.7 Å². The average molecular weight is 448 g/mol. The van der Waals surface area contributed by atoms with Crippen LogP contribution in [0.5, 0.6) is 0 Å². The lowest BCUT2D eigenvalue weighted by molar-refractivity contribution is 0.0962. The lowest BCUT2D eigenvalue weighted by Crippen LogP contribution is -2.30. The summed E-state index contributed by atoms with van der Waals surface area (Å²) in [5.74, 6) is 0.356. The molecule has 0 radical (unpaired) electrons. The maximum absolute atomic E-state index is 12.2. The highest BCUT2D eigenvalue weighted by Gasteiger charge is 2.12. The van der Waals surface area contributed by atoms with Crippen molar-refractivity contribution in [3.63, 3.8) is 0 Å². The lowest BCUT2D eigenvalue weighted by atomic mass is 10.2. The Hall–Kier alpha value is -2.84. The van der Waals surface area contributed by atoms with Crippen molar-refractivity contribution in [2.45, 2.75) is 6.92 Å². The zero-order chi connectivity index (χ0) is 19.4. The van der Waals surface area contributed by atoms with Crippen molar-refractivity contribution in [3.8, 4) is 0 Å². The van der Waals surface area contributed by atoms with Gasteiger partial charge < -0.3 is 11.1 Å². The largest absolute Gasteiger partial charge is 0.393 e. The van der Waals surface area contributed by atoms with Crippen LogP contribution in [0, 0.1) is 6.92 Å². The summed E-state index contributed by atoms with van der Waals surface area (Å²) in [4.78, 5) is 20.4. The highest BCUT2D eigenvalue weighted by Crippen LogP contribution is 2.29. The first kappa shape index (κ1) is 18.9. The summed E-state index contributed by atoms with van der Waals surface area (Å²) in [6.07, 6.45) is 1.34. The lowest BCUT2D eigenvalue weighted by Gasteiger charge is -2.14. The first-order valence-corrected chi connectivity index (χ1v) is 9.07. The fourth-order valence-corrected chi connectivity index (χ4v) is 2.69. The summed E-state index contributed by atoms with van der Waals surface area (Å²) in [7, 11) is 0. The Morgan fingerprint density at radius 1 is 1.11 bits per heavy atom. The van der Waals surface area contributed by atoms with Gasteiger partial charge in [-0.25, -0.2) is 9.97 Å². The molecule has 0 bridgehead atoms. The standard InChI is InChI=1S/C18H16BrClN6O/c1-10-13(20)3-2-4-14(10)24-16-15(21)17(23-9-22-16)25-26-18(27)11-5-7-12(19)8-6-11/h2-9H,21H2,1H3,(H,26,27)(H2,22,23,24,25). The number of nitrogens with zero attached hydrogens (tertiary/aromatic N) is 2. The average Bonchev–Trinajstić information content (AvgIpc) is 2.66. The molecule has 0 unspecified atom stereocenters. The van der Waals surface area contributed by atoms with Gasteiger partial charge >= 0.3 is 0 Å². The van der Waals surface area contributed by atoms with E-state index < -0.39 is 0 Å². The van der Waals surface area contributed by atoms with Crippen molar-refractivity contribution in [2.75, 3.05) is 16.5 Å². The number of benzene rings is 2. The van der Waals surface area contributed by atoms with Crippen LogP contribution in [0.1, 0.15) is 15.9 Å². The molecule has 0 spiro atoms. The van der Waals surface area contributed by atoms with Crippen LogP contribution in [0.4, 0.5) is 23.0 Å². The first-order chi connectivity index (χ1) is 13.0. The molecule has 138 valence electrons. The number of nitrogen functional groups attached to an aromatic ring is 1. The van der Waals surface area contributed by atoms with E-state index in [-0.39, 0.29) is 17.4 Å². The molecule has 27 heavy (non-hydrogen) atoms. The topological polar surface area (TPSA) is 105 Å². The molecule has 1 heterocycles. The quantitative estimate of drug-likeness (QED) is 0.435. The molecule has 0 aliphatic rings. The third kappa shape index (κ3) is 4.47. The van der Waals surface area contributed by atoms with Gasteiger partial charge in [0.2, 0.25) is 0 Å². The van der Waals surface area contributed by atoms with Gasteiger partial charge in [0.1, 0.15) is 12.0 Å². The smallest absolute Gasteiger partial charge is 0.269 e. The van der Waals surface area contributed by atoms with Gasteiger partial charge in [-0.05, 0) is 48.9 Å². The van der Waals surface area contributed by atoms with Crippen LogP contribution in [0.3, 0.4) is 0 Å². The molecule has 5 N–H and O–H groups in total. The van der Waals surface area contributed by atoms with E-state index in [9.17, 15) is 4.79 Å². The molecule has 7 nitrogen and oxygen atoms in total. The number of nitrogens with one attached hydrogen (secondary N) is 3. The molecule has 0 aliphatic heterocycles. The van der Waals surface area contributed by atoms with E-state index >= 15 is 0 Å². The molecule has 0 fully saturated rings. The molecular weight excluding hydrogens is 432 g/mol. The van der Waals surface area contributed by atoms with E-state index in [2.05, 4.69) is 42.1 Å². The molecule has 3 aromatic rings. The molecule has 0 atom stereocenters. The van der Waals surface area contributed by atoms with Crippen LogP contribution < -0.4 is 21.9 Å². The monoisotopic (exact) mass is 446 g/mol. The fourth-order valence-electron chi connectivity index (χ4n) is 2.25. The number of anilines is 4. The number of carbonyl (C=O) groups excluding carboxylic acids is 1. The Balaban J connectivity index is 1.74. The SMILES string of the molecule is Cc1c(Cl)cccc1Nc1ncnc(NNC(=O)c2ccc(Br)cc2)c1N. The zero-order valence-corrected chi connectivity index (χ0v) is 16.6. The molecule has 1 amide bonds. The number of aromatic nitrogens is 2. The van der Waals surface area contributed by atoms with Crippen molar-refractivity contribution in [1.82, 2.24) is 15.4 Å². The number of hydrogen-bond donors (Lipinski definition) is 4. The van der Waals surface area contributed by atoms with Crippen molar-refractivity contribution in [1.29, 1.82) is 0 Å². The van der Waals surface area contributed by atoms with Crippen LogP contribution in [0.25, 0.3) is 0 Å². The van der Waals surface area contributed by atoms with Gasteiger partial charge in [0.15, 0.2) is 11.6 Å². The predicted octanol–water partition coefficient (Wildman–Crippen LogP) is 4.28. The third-order valence-corrected chi connectivity index (χ3v) is 4.74. The second-order valence-corrected chi connectivity index (χ2v) is 6.93. The summed E-state index contributed by atoms with van der Waals surface area (Å²) in [6.45, 7) is 1.89. The summed E-state index contributed by atoms with van der Waals surface area (Å²) in [5, 5.41) is 3.76. The molecule has 0 saturated carbocycles. The van der Waals surface area contributed by atoms with E-state index in [1.54, 1.807) is 30.3 Å². The molecule has 0 saturated heterocycles. The van der Waals surface area contributed by atoms with E-state index in [1.165, 1.54) is 6.33 Å².